The van der Waals surface area contributed by atoms with Gasteiger partial charge in [0.1, 0.15) is 0 Å². The second kappa shape index (κ2) is 7.93. The van der Waals surface area contributed by atoms with Crippen LogP contribution >= 0.6 is 0 Å². The average molecular weight is 320 g/mol. The van der Waals surface area contributed by atoms with E-state index in [-0.39, 0.29) is 18.1 Å². The van der Waals surface area contributed by atoms with Crippen LogP contribution in [0.25, 0.3) is 0 Å². The summed E-state index contributed by atoms with van der Waals surface area (Å²) in [6, 6.07) is 2.23. The van der Waals surface area contributed by atoms with Gasteiger partial charge in [-0.15, -0.1) is 0 Å². The van der Waals surface area contributed by atoms with Crippen LogP contribution in [-0.2, 0) is 16.1 Å². The Labute approximate surface area is 138 Å². The largest absolute Gasteiger partial charge is 0.376 e. The molecule has 6 heteroatoms. The third-order valence-corrected chi connectivity index (χ3v) is 5.03. The first-order valence-electron chi connectivity index (χ1n) is 8.86. The van der Waals surface area contributed by atoms with Crippen LogP contribution in [0.4, 0.5) is 0 Å². The molecule has 0 spiro atoms. The van der Waals surface area contributed by atoms with Crippen LogP contribution in [-0.4, -0.2) is 58.5 Å². The zero-order valence-corrected chi connectivity index (χ0v) is 14.0. The monoisotopic (exact) mass is 320 g/mol. The molecule has 2 fully saturated rings. The van der Waals surface area contributed by atoms with Gasteiger partial charge in [0, 0.05) is 31.6 Å². The second-order valence-electron chi connectivity index (χ2n) is 6.67. The van der Waals surface area contributed by atoms with Gasteiger partial charge in [-0.1, -0.05) is 6.42 Å². The molecule has 0 unspecified atom stereocenters. The quantitative estimate of drug-likeness (QED) is 0.861. The lowest BCUT2D eigenvalue weighted by Gasteiger charge is -2.39. The molecule has 0 radical (unpaired) electrons. The maximum atomic E-state index is 12.5. The minimum absolute atomic E-state index is 0.0998. The van der Waals surface area contributed by atoms with E-state index in [0.717, 1.165) is 39.0 Å². The average Bonchev–Trinajstić information content (AvgIpc) is 3.26. The molecule has 2 aliphatic heterocycles. The number of hydrogen-bond acceptors (Lipinski definition) is 4. The predicted molar refractivity (Wildman–Crippen MR) is 88.0 cm³/mol. The molecule has 3 heterocycles. The van der Waals surface area contributed by atoms with E-state index in [9.17, 15) is 4.79 Å². The third kappa shape index (κ3) is 4.32. The molecular formula is C17H28N4O2. The lowest BCUT2D eigenvalue weighted by atomic mass is 9.99. The van der Waals surface area contributed by atoms with Gasteiger partial charge in [-0.05, 0) is 45.2 Å². The second-order valence-corrected chi connectivity index (χ2v) is 6.67. The highest BCUT2D eigenvalue weighted by Gasteiger charge is 2.31. The molecule has 0 aromatic carbocycles. The Morgan fingerprint density at radius 3 is 3.04 bits per heavy atom. The molecule has 6 nitrogen and oxygen atoms in total. The minimum Gasteiger partial charge on any atom is -0.376 e. The Morgan fingerprint density at radius 1 is 1.39 bits per heavy atom. The number of carbonyl (C=O) groups is 1. The van der Waals surface area contributed by atoms with Gasteiger partial charge in [0.2, 0.25) is 5.91 Å². The van der Waals surface area contributed by atoms with Gasteiger partial charge >= 0.3 is 0 Å². The molecule has 1 N–H and O–H groups in total. The van der Waals surface area contributed by atoms with Crippen molar-refractivity contribution < 1.29 is 9.53 Å². The van der Waals surface area contributed by atoms with Crippen molar-refractivity contribution in [2.24, 2.45) is 0 Å². The Hall–Kier alpha value is -1.40. The zero-order chi connectivity index (χ0) is 16.1. The number of nitrogens with zero attached hydrogens (tertiary/aromatic N) is 3. The maximum absolute atomic E-state index is 12.5. The minimum atomic E-state index is -0.0998. The van der Waals surface area contributed by atoms with Gasteiger partial charge < -0.3 is 10.1 Å². The third-order valence-electron chi connectivity index (χ3n) is 5.03. The first kappa shape index (κ1) is 16.5. The fraction of sp³-hybridized carbons (Fsp3) is 0.765. The van der Waals surface area contributed by atoms with E-state index in [1.54, 1.807) is 0 Å². The molecule has 1 amide bonds. The summed E-state index contributed by atoms with van der Waals surface area (Å²) >= 11 is 0. The van der Waals surface area contributed by atoms with E-state index < -0.39 is 0 Å². The van der Waals surface area contributed by atoms with Crippen LogP contribution in [0.1, 0.15) is 39.0 Å². The van der Waals surface area contributed by atoms with Crippen molar-refractivity contribution in [3.05, 3.63) is 18.5 Å². The number of amides is 1. The lowest BCUT2D eigenvalue weighted by molar-refractivity contribution is -0.128. The van der Waals surface area contributed by atoms with Gasteiger partial charge in [0.05, 0.1) is 18.7 Å². The fourth-order valence-corrected chi connectivity index (χ4v) is 3.67. The molecule has 23 heavy (non-hydrogen) atoms. The standard InChI is InChI=1S/C17H28N4O2/c1-14(17(22)18-12-16-7-4-11-23-16)21-10-3-2-6-15(21)13-20-9-5-8-19-20/h5,8-9,14-16H,2-4,6-7,10-13H2,1H3,(H,18,22)/t14-,15+,16+/m1/s1. The molecule has 2 saturated heterocycles. The first-order chi connectivity index (χ1) is 11.2. The summed E-state index contributed by atoms with van der Waals surface area (Å²) in [6.45, 7) is 5.33. The molecule has 128 valence electrons. The van der Waals surface area contributed by atoms with E-state index >= 15 is 0 Å². The van der Waals surface area contributed by atoms with Gasteiger partial charge in [0.25, 0.3) is 0 Å². The number of carbonyl (C=O) groups excluding carboxylic acids is 1. The molecule has 0 saturated carbocycles. The van der Waals surface area contributed by atoms with Crippen LogP contribution in [0.15, 0.2) is 18.5 Å². The normalized spacial score (nSPS) is 27.0. The van der Waals surface area contributed by atoms with Gasteiger partial charge in [-0.25, -0.2) is 0 Å². The summed E-state index contributed by atoms with van der Waals surface area (Å²) in [7, 11) is 0. The lowest BCUT2D eigenvalue weighted by Crippen LogP contribution is -2.53. The highest BCUT2D eigenvalue weighted by atomic mass is 16.5. The Balaban J connectivity index is 1.54. The number of likely N-dealkylation sites (tertiary alicyclic amines) is 1. The van der Waals surface area contributed by atoms with Crippen molar-refractivity contribution in [2.75, 3.05) is 19.7 Å². The van der Waals surface area contributed by atoms with E-state index in [1.807, 2.05) is 30.1 Å². The van der Waals surface area contributed by atoms with Crippen molar-refractivity contribution in [1.82, 2.24) is 20.0 Å². The molecule has 3 rings (SSSR count). The SMILES string of the molecule is C[C@H](C(=O)NC[C@@H]1CCCO1)N1CCCC[C@H]1Cn1cccn1. The molecule has 1 aromatic heterocycles. The number of hydrogen-bond donors (Lipinski definition) is 1. The van der Waals surface area contributed by atoms with Crippen molar-refractivity contribution in [1.29, 1.82) is 0 Å². The van der Waals surface area contributed by atoms with Crippen LogP contribution in [0.5, 0.6) is 0 Å². The number of nitrogens with one attached hydrogen (secondary N) is 1. The molecule has 1 aromatic rings. The Morgan fingerprint density at radius 2 is 2.30 bits per heavy atom. The van der Waals surface area contributed by atoms with E-state index in [2.05, 4.69) is 15.3 Å². The Kier molecular flexibility index (Phi) is 5.67. The van der Waals surface area contributed by atoms with Crippen molar-refractivity contribution >= 4 is 5.91 Å². The maximum Gasteiger partial charge on any atom is 0.237 e. The van der Waals surface area contributed by atoms with Crippen molar-refractivity contribution in [3.8, 4) is 0 Å². The molecule has 0 aliphatic carbocycles. The first-order valence-corrected chi connectivity index (χ1v) is 8.86. The highest BCUT2D eigenvalue weighted by Crippen LogP contribution is 2.21. The summed E-state index contributed by atoms with van der Waals surface area (Å²) in [5, 5.41) is 7.38. The Bertz CT molecular complexity index is 485. The summed E-state index contributed by atoms with van der Waals surface area (Å²) in [4.78, 5) is 14.9. The van der Waals surface area contributed by atoms with Crippen LogP contribution in [0.2, 0.25) is 0 Å². The van der Waals surface area contributed by atoms with E-state index in [4.69, 9.17) is 4.74 Å². The zero-order valence-electron chi connectivity index (χ0n) is 14.0. The predicted octanol–water partition coefficient (Wildman–Crippen LogP) is 1.42. The molecule has 0 bridgehead atoms. The van der Waals surface area contributed by atoms with Crippen molar-refractivity contribution in [3.63, 3.8) is 0 Å². The van der Waals surface area contributed by atoms with Crippen LogP contribution in [0, 0.1) is 0 Å². The van der Waals surface area contributed by atoms with Crippen molar-refractivity contribution in [2.45, 2.75) is 63.8 Å². The number of rotatable bonds is 6. The highest BCUT2D eigenvalue weighted by molar-refractivity contribution is 5.81. The summed E-state index contributed by atoms with van der Waals surface area (Å²) in [5.41, 5.74) is 0. The van der Waals surface area contributed by atoms with Crippen LogP contribution in [0.3, 0.4) is 0 Å². The molecule has 3 atom stereocenters. The van der Waals surface area contributed by atoms with Gasteiger partial charge in [-0.3, -0.25) is 14.4 Å². The summed E-state index contributed by atoms with van der Waals surface area (Å²) in [6.07, 6.45) is 9.69. The summed E-state index contributed by atoms with van der Waals surface area (Å²) in [5.74, 6) is 0.118. The fourth-order valence-electron chi connectivity index (χ4n) is 3.67. The smallest absolute Gasteiger partial charge is 0.237 e. The topological polar surface area (TPSA) is 59.4 Å². The summed E-state index contributed by atoms with van der Waals surface area (Å²) < 4.78 is 7.55. The van der Waals surface area contributed by atoms with Crippen LogP contribution < -0.4 is 5.32 Å². The number of ether oxygens (including phenoxy) is 1. The van der Waals surface area contributed by atoms with E-state index in [0.29, 0.717) is 12.6 Å². The molecule has 2 aliphatic rings. The number of aromatic nitrogens is 2. The van der Waals surface area contributed by atoms with Gasteiger partial charge in [0.15, 0.2) is 0 Å². The van der Waals surface area contributed by atoms with Gasteiger partial charge in [-0.2, -0.15) is 5.10 Å². The van der Waals surface area contributed by atoms with E-state index in [1.165, 1.54) is 12.8 Å². The molecular weight excluding hydrogens is 292 g/mol. The number of piperidine rings is 1.